The summed E-state index contributed by atoms with van der Waals surface area (Å²) in [6, 6.07) is 13.7. The van der Waals surface area contributed by atoms with Crippen molar-refractivity contribution in [1.29, 1.82) is 0 Å². The molecular formula is C21H22N2O. The van der Waals surface area contributed by atoms with E-state index in [1.807, 2.05) is 61.3 Å². The molecule has 1 aromatic heterocycles. The normalized spacial score (nSPS) is 22.2. The zero-order valence-electron chi connectivity index (χ0n) is 14.6. The van der Waals surface area contributed by atoms with Crippen molar-refractivity contribution in [3.63, 3.8) is 0 Å². The first-order valence-corrected chi connectivity index (χ1v) is 8.15. The Hall–Kier alpha value is -2.60. The molecule has 1 fully saturated rings. The van der Waals surface area contributed by atoms with Gasteiger partial charge in [-0.3, -0.25) is 9.78 Å². The largest absolute Gasteiger partial charge is 0.340 e. The van der Waals surface area contributed by atoms with E-state index in [4.69, 9.17) is 0 Å². The second kappa shape index (κ2) is 5.79. The summed E-state index contributed by atoms with van der Waals surface area (Å²) >= 11 is 0. The predicted molar refractivity (Wildman–Crippen MR) is 95.5 cm³/mol. The van der Waals surface area contributed by atoms with Gasteiger partial charge in [-0.15, -0.1) is 0 Å². The molecule has 0 aliphatic carbocycles. The van der Waals surface area contributed by atoms with Gasteiger partial charge in [-0.1, -0.05) is 30.0 Å². The van der Waals surface area contributed by atoms with Crippen LogP contribution in [-0.4, -0.2) is 28.4 Å². The highest BCUT2D eigenvalue weighted by molar-refractivity contribution is 5.90. The molecule has 1 aliphatic rings. The third-order valence-corrected chi connectivity index (χ3v) is 4.92. The Labute approximate surface area is 143 Å². The monoisotopic (exact) mass is 318 g/mol. The van der Waals surface area contributed by atoms with Gasteiger partial charge in [0.15, 0.2) is 0 Å². The van der Waals surface area contributed by atoms with E-state index < -0.39 is 5.41 Å². The van der Waals surface area contributed by atoms with Crippen LogP contribution in [0.5, 0.6) is 0 Å². The second-order valence-corrected chi connectivity index (χ2v) is 7.23. The second-order valence-electron chi connectivity index (χ2n) is 7.23. The van der Waals surface area contributed by atoms with Crippen LogP contribution in [0, 0.1) is 11.8 Å². The van der Waals surface area contributed by atoms with Gasteiger partial charge >= 0.3 is 0 Å². The number of nitrogens with zero attached hydrogens (tertiary/aromatic N) is 2. The SMILES string of the molecule is CN1C(=O)[C@](C)(c2ccc(C#Cc3ccccc3)cn2)CC1(C)C. The van der Waals surface area contributed by atoms with Crippen molar-refractivity contribution in [2.24, 2.45) is 0 Å². The maximum atomic E-state index is 12.7. The van der Waals surface area contributed by atoms with E-state index in [1.165, 1.54) is 0 Å². The van der Waals surface area contributed by atoms with Crippen LogP contribution in [0.1, 0.15) is 44.0 Å². The van der Waals surface area contributed by atoms with E-state index in [0.717, 1.165) is 23.2 Å². The molecule has 2 heterocycles. The van der Waals surface area contributed by atoms with E-state index in [1.54, 1.807) is 6.20 Å². The van der Waals surface area contributed by atoms with Crippen LogP contribution in [0.15, 0.2) is 48.7 Å². The van der Waals surface area contributed by atoms with E-state index in [0.29, 0.717) is 0 Å². The van der Waals surface area contributed by atoms with Gasteiger partial charge in [0.05, 0.1) is 11.1 Å². The Morgan fingerprint density at radius 3 is 2.21 bits per heavy atom. The lowest BCUT2D eigenvalue weighted by Crippen LogP contribution is -2.38. The minimum absolute atomic E-state index is 0.128. The van der Waals surface area contributed by atoms with Crippen molar-refractivity contribution < 1.29 is 4.79 Å². The average Bonchev–Trinajstić information content (AvgIpc) is 2.74. The summed E-state index contributed by atoms with van der Waals surface area (Å²) in [6.45, 7) is 6.17. The molecule has 0 N–H and O–H groups in total. The highest BCUT2D eigenvalue weighted by Gasteiger charge is 2.52. The van der Waals surface area contributed by atoms with Gasteiger partial charge in [0, 0.05) is 29.9 Å². The number of likely N-dealkylation sites (N-methyl/N-ethyl adjacent to an activating group) is 1. The summed E-state index contributed by atoms with van der Waals surface area (Å²) in [6.07, 6.45) is 2.52. The first-order chi connectivity index (χ1) is 11.3. The first kappa shape index (κ1) is 16.3. The standard InChI is InChI=1S/C21H22N2O/c1-20(2)15-21(3,19(24)23(20)4)18-13-12-17(14-22-18)11-10-16-8-6-5-7-9-16/h5-9,12-14H,15H2,1-4H3/t21-/m0/s1. The minimum Gasteiger partial charge on any atom is -0.340 e. The van der Waals surface area contributed by atoms with Crippen molar-refractivity contribution in [3.8, 4) is 11.8 Å². The van der Waals surface area contributed by atoms with Gasteiger partial charge in [-0.2, -0.15) is 0 Å². The molecule has 0 radical (unpaired) electrons. The van der Waals surface area contributed by atoms with Crippen molar-refractivity contribution in [2.75, 3.05) is 7.05 Å². The Morgan fingerprint density at radius 1 is 1.00 bits per heavy atom. The topological polar surface area (TPSA) is 33.2 Å². The number of amides is 1. The lowest BCUT2D eigenvalue weighted by Gasteiger charge is -2.26. The molecule has 3 rings (SSSR count). The molecule has 1 aromatic carbocycles. The van der Waals surface area contributed by atoms with Crippen molar-refractivity contribution >= 4 is 5.91 Å². The Kier molecular flexibility index (Phi) is 3.93. The predicted octanol–water partition coefficient (Wildman–Crippen LogP) is 3.38. The molecule has 1 atom stereocenters. The number of carbonyl (C=O) groups is 1. The first-order valence-electron chi connectivity index (χ1n) is 8.15. The fourth-order valence-electron chi connectivity index (χ4n) is 3.36. The number of hydrogen-bond acceptors (Lipinski definition) is 2. The fourth-order valence-corrected chi connectivity index (χ4v) is 3.36. The average molecular weight is 318 g/mol. The molecule has 2 aromatic rings. The van der Waals surface area contributed by atoms with Crippen molar-refractivity contribution in [1.82, 2.24) is 9.88 Å². The zero-order valence-corrected chi connectivity index (χ0v) is 14.6. The molecule has 1 saturated heterocycles. The molecule has 1 amide bonds. The number of rotatable bonds is 1. The molecule has 0 spiro atoms. The van der Waals surface area contributed by atoms with Crippen LogP contribution in [0.2, 0.25) is 0 Å². The summed E-state index contributed by atoms with van der Waals surface area (Å²) in [5, 5.41) is 0. The zero-order chi connectivity index (χ0) is 17.4. The highest BCUT2D eigenvalue weighted by atomic mass is 16.2. The molecule has 3 nitrogen and oxygen atoms in total. The van der Waals surface area contributed by atoms with Crippen LogP contribution in [0.25, 0.3) is 0 Å². The Bertz CT molecular complexity index is 812. The van der Waals surface area contributed by atoms with E-state index >= 15 is 0 Å². The minimum atomic E-state index is -0.566. The van der Waals surface area contributed by atoms with E-state index in [9.17, 15) is 4.79 Å². The number of likely N-dealkylation sites (tertiary alicyclic amines) is 1. The number of pyridine rings is 1. The molecule has 1 aliphatic heterocycles. The van der Waals surface area contributed by atoms with Gasteiger partial charge in [-0.25, -0.2) is 0 Å². The molecule has 3 heteroatoms. The summed E-state index contributed by atoms with van der Waals surface area (Å²) in [5.41, 5.74) is 1.92. The summed E-state index contributed by atoms with van der Waals surface area (Å²) in [5.74, 6) is 6.37. The fraction of sp³-hybridized carbons (Fsp3) is 0.333. The number of hydrogen-bond donors (Lipinski definition) is 0. The van der Waals surface area contributed by atoms with Gasteiger partial charge in [0.2, 0.25) is 5.91 Å². The molecule has 0 unspecified atom stereocenters. The number of benzene rings is 1. The summed E-state index contributed by atoms with van der Waals surface area (Å²) < 4.78 is 0. The van der Waals surface area contributed by atoms with Crippen molar-refractivity contribution in [3.05, 3.63) is 65.5 Å². The molecule has 0 saturated carbocycles. The lowest BCUT2D eigenvalue weighted by atomic mass is 9.80. The number of aromatic nitrogens is 1. The van der Waals surface area contributed by atoms with Gasteiger partial charge in [0.1, 0.15) is 0 Å². The smallest absolute Gasteiger partial charge is 0.234 e. The van der Waals surface area contributed by atoms with Crippen LogP contribution in [0.3, 0.4) is 0 Å². The lowest BCUT2D eigenvalue weighted by molar-refractivity contribution is -0.132. The van der Waals surface area contributed by atoms with Crippen molar-refractivity contribution in [2.45, 2.75) is 38.1 Å². The Morgan fingerprint density at radius 2 is 1.67 bits per heavy atom. The molecule has 0 bridgehead atoms. The van der Waals surface area contributed by atoms with Crippen LogP contribution in [-0.2, 0) is 10.2 Å². The highest BCUT2D eigenvalue weighted by Crippen LogP contribution is 2.42. The van der Waals surface area contributed by atoms with Crippen LogP contribution >= 0.6 is 0 Å². The quantitative estimate of drug-likeness (QED) is 0.755. The Balaban J connectivity index is 1.86. The van der Waals surface area contributed by atoms with Gasteiger partial charge < -0.3 is 4.90 Å². The summed E-state index contributed by atoms with van der Waals surface area (Å²) in [7, 11) is 1.87. The van der Waals surface area contributed by atoms with E-state index in [-0.39, 0.29) is 11.4 Å². The van der Waals surface area contributed by atoms with E-state index in [2.05, 4.69) is 30.7 Å². The number of carbonyl (C=O) groups excluding carboxylic acids is 1. The maximum absolute atomic E-state index is 12.7. The van der Waals surface area contributed by atoms with Gasteiger partial charge in [-0.05, 0) is 51.5 Å². The van der Waals surface area contributed by atoms with Gasteiger partial charge in [0.25, 0.3) is 0 Å². The molecule has 122 valence electrons. The van der Waals surface area contributed by atoms with Crippen LogP contribution in [0.4, 0.5) is 0 Å². The molecule has 24 heavy (non-hydrogen) atoms. The third-order valence-electron chi connectivity index (χ3n) is 4.92. The van der Waals surface area contributed by atoms with Crippen LogP contribution < -0.4 is 0 Å². The third kappa shape index (κ3) is 2.80. The molecular weight excluding hydrogens is 296 g/mol. The summed E-state index contributed by atoms with van der Waals surface area (Å²) in [4.78, 5) is 19.1. The maximum Gasteiger partial charge on any atom is 0.234 e.